The lowest BCUT2D eigenvalue weighted by molar-refractivity contribution is -0.149. The number of carbonyl (C=O) groups is 1. The van der Waals surface area contributed by atoms with Gasteiger partial charge in [0.25, 0.3) is 10.2 Å². The van der Waals surface area contributed by atoms with Crippen molar-refractivity contribution in [2.45, 2.75) is 45.8 Å². The number of nitrogens with zero attached hydrogens (tertiary/aromatic N) is 2. The highest BCUT2D eigenvalue weighted by Crippen LogP contribution is 2.24. The summed E-state index contributed by atoms with van der Waals surface area (Å²) in [6.07, 6.45) is 1.12. The average Bonchev–Trinajstić information content (AvgIpc) is 2.46. The van der Waals surface area contributed by atoms with Crippen LogP contribution in [0.25, 0.3) is 0 Å². The molecule has 0 N–H and O–H groups in total. The topological polar surface area (TPSA) is 76.2 Å². The quantitative estimate of drug-likeness (QED) is 0.704. The van der Waals surface area contributed by atoms with Gasteiger partial charge in [-0.15, -0.1) is 0 Å². The Morgan fingerprint density at radius 3 is 2.41 bits per heavy atom. The molecule has 0 aromatic rings. The zero-order chi connectivity index (χ0) is 16.3. The van der Waals surface area contributed by atoms with E-state index in [1.807, 2.05) is 13.8 Å². The van der Waals surface area contributed by atoms with Crippen molar-refractivity contribution in [1.82, 2.24) is 8.61 Å². The largest absolute Gasteiger partial charge is 0.466 e. The standard InChI is InChI=1S/C14H26N2O5S/c1-4-20-14(17)13-6-5-7-15(10-13)22(18,19)16-8-11(2)21-12(3)9-16/h11-13H,4-10H2,1-3H3/t11-,12-,13+/m0/s1. The fraction of sp³-hybridized carbons (Fsp3) is 0.929. The Bertz CT molecular complexity index is 485. The number of piperidine rings is 1. The molecule has 0 radical (unpaired) electrons. The average molecular weight is 334 g/mol. The first-order valence-electron chi connectivity index (χ1n) is 7.92. The van der Waals surface area contributed by atoms with E-state index < -0.39 is 10.2 Å². The molecule has 2 aliphatic heterocycles. The van der Waals surface area contributed by atoms with Crippen LogP contribution in [0.5, 0.6) is 0 Å². The summed E-state index contributed by atoms with van der Waals surface area (Å²) in [4.78, 5) is 11.9. The zero-order valence-corrected chi connectivity index (χ0v) is 14.3. The molecule has 22 heavy (non-hydrogen) atoms. The van der Waals surface area contributed by atoms with Crippen molar-refractivity contribution in [3.05, 3.63) is 0 Å². The molecule has 0 aromatic heterocycles. The van der Waals surface area contributed by atoms with Gasteiger partial charge in [0.05, 0.1) is 24.7 Å². The molecule has 2 rings (SSSR count). The minimum atomic E-state index is -3.55. The predicted molar refractivity (Wildman–Crippen MR) is 81.4 cm³/mol. The van der Waals surface area contributed by atoms with Crippen molar-refractivity contribution in [2.75, 3.05) is 32.8 Å². The maximum Gasteiger partial charge on any atom is 0.310 e. The molecule has 0 aliphatic carbocycles. The smallest absolute Gasteiger partial charge is 0.310 e. The second-order valence-corrected chi connectivity index (χ2v) is 7.96. The van der Waals surface area contributed by atoms with Crippen LogP contribution in [-0.2, 0) is 24.5 Å². The summed E-state index contributed by atoms with van der Waals surface area (Å²) >= 11 is 0. The Hall–Kier alpha value is -0.700. The highest BCUT2D eigenvalue weighted by molar-refractivity contribution is 7.86. The highest BCUT2D eigenvalue weighted by atomic mass is 32.2. The summed E-state index contributed by atoms with van der Waals surface area (Å²) in [5, 5.41) is 0. The predicted octanol–water partition coefficient (Wildman–Crippen LogP) is 0.616. The van der Waals surface area contributed by atoms with Gasteiger partial charge in [0.1, 0.15) is 0 Å². The van der Waals surface area contributed by atoms with Gasteiger partial charge in [-0.3, -0.25) is 4.79 Å². The van der Waals surface area contributed by atoms with Gasteiger partial charge in [0.2, 0.25) is 0 Å². The molecule has 2 saturated heterocycles. The fourth-order valence-electron chi connectivity index (χ4n) is 3.09. The maximum atomic E-state index is 12.8. The normalized spacial score (nSPS) is 31.9. The van der Waals surface area contributed by atoms with Crippen molar-refractivity contribution in [3.63, 3.8) is 0 Å². The molecule has 3 atom stereocenters. The van der Waals surface area contributed by atoms with E-state index in [9.17, 15) is 13.2 Å². The van der Waals surface area contributed by atoms with Gasteiger partial charge < -0.3 is 9.47 Å². The van der Waals surface area contributed by atoms with Crippen LogP contribution in [-0.4, -0.2) is 68.0 Å². The van der Waals surface area contributed by atoms with Crippen LogP contribution in [0.15, 0.2) is 0 Å². The number of morpholine rings is 1. The van der Waals surface area contributed by atoms with Crippen LogP contribution >= 0.6 is 0 Å². The number of rotatable bonds is 4. The van der Waals surface area contributed by atoms with Gasteiger partial charge >= 0.3 is 5.97 Å². The third kappa shape index (κ3) is 3.98. The SMILES string of the molecule is CCOC(=O)[C@@H]1CCCN(S(=O)(=O)N2C[C@H](C)O[C@@H](C)C2)C1. The third-order valence-corrected chi connectivity index (χ3v) is 5.98. The van der Waals surface area contributed by atoms with Crippen LogP contribution in [0.2, 0.25) is 0 Å². The van der Waals surface area contributed by atoms with E-state index in [4.69, 9.17) is 9.47 Å². The Balaban J connectivity index is 2.06. The first-order chi connectivity index (χ1) is 10.3. The Labute approximate surface area is 132 Å². The Morgan fingerprint density at radius 1 is 1.18 bits per heavy atom. The molecular formula is C14H26N2O5S. The summed E-state index contributed by atoms with van der Waals surface area (Å²) in [5.41, 5.74) is 0. The molecule has 0 saturated carbocycles. The fourth-order valence-corrected chi connectivity index (χ4v) is 4.94. The molecule has 0 spiro atoms. The summed E-state index contributed by atoms with van der Waals surface area (Å²) in [6, 6.07) is 0. The minimum absolute atomic E-state index is 0.121. The number of carbonyl (C=O) groups excluding carboxylic acids is 1. The van der Waals surface area contributed by atoms with E-state index in [-0.39, 0.29) is 30.6 Å². The van der Waals surface area contributed by atoms with E-state index in [0.717, 1.165) is 0 Å². The number of esters is 1. The zero-order valence-electron chi connectivity index (χ0n) is 13.5. The molecule has 2 aliphatic rings. The molecule has 7 nitrogen and oxygen atoms in total. The van der Waals surface area contributed by atoms with Crippen molar-refractivity contribution < 1.29 is 22.7 Å². The van der Waals surface area contributed by atoms with E-state index in [0.29, 0.717) is 39.1 Å². The van der Waals surface area contributed by atoms with E-state index in [1.165, 1.54) is 8.61 Å². The molecule has 0 unspecified atom stereocenters. The molecule has 2 heterocycles. The molecular weight excluding hydrogens is 308 g/mol. The molecule has 0 aromatic carbocycles. The Kier molecular flexibility index (Phi) is 5.81. The van der Waals surface area contributed by atoms with Crippen LogP contribution in [0.4, 0.5) is 0 Å². The maximum absolute atomic E-state index is 12.8. The van der Waals surface area contributed by atoms with Crippen LogP contribution < -0.4 is 0 Å². The van der Waals surface area contributed by atoms with Crippen molar-refractivity contribution in [1.29, 1.82) is 0 Å². The van der Waals surface area contributed by atoms with Gasteiger partial charge in [-0.2, -0.15) is 17.0 Å². The lowest BCUT2D eigenvalue weighted by Gasteiger charge is -2.39. The van der Waals surface area contributed by atoms with Crippen LogP contribution in [0.1, 0.15) is 33.6 Å². The summed E-state index contributed by atoms with van der Waals surface area (Å²) in [6.45, 7) is 7.19. The molecule has 8 heteroatoms. The number of hydrogen-bond donors (Lipinski definition) is 0. The lowest BCUT2D eigenvalue weighted by Crippen LogP contribution is -2.55. The van der Waals surface area contributed by atoms with E-state index in [1.54, 1.807) is 6.92 Å². The molecule has 128 valence electrons. The number of ether oxygens (including phenoxy) is 2. The Morgan fingerprint density at radius 2 is 1.82 bits per heavy atom. The van der Waals surface area contributed by atoms with Crippen LogP contribution in [0, 0.1) is 5.92 Å². The minimum Gasteiger partial charge on any atom is -0.466 e. The monoisotopic (exact) mass is 334 g/mol. The van der Waals surface area contributed by atoms with Gasteiger partial charge in [-0.1, -0.05) is 0 Å². The first-order valence-corrected chi connectivity index (χ1v) is 9.31. The molecule has 2 fully saturated rings. The van der Waals surface area contributed by atoms with Crippen molar-refractivity contribution in [2.24, 2.45) is 5.92 Å². The van der Waals surface area contributed by atoms with Gasteiger partial charge in [0.15, 0.2) is 0 Å². The summed E-state index contributed by atoms with van der Waals surface area (Å²) in [5.74, 6) is -0.662. The third-order valence-electron chi connectivity index (χ3n) is 4.04. The second-order valence-electron chi connectivity index (χ2n) is 6.03. The molecule has 0 amide bonds. The van der Waals surface area contributed by atoms with Gasteiger partial charge in [0, 0.05) is 26.2 Å². The van der Waals surface area contributed by atoms with Crippen molar-refractivity contribution >= 4 is 16.2 Å². The summed E-state index contributed by atoms with van der Waals surface area (Å²) < 4.78 is 39.1. The van der Waals surface area contributed by atoms with Crippen molar-refractivity contribution in [3.8, 4) is 0 Å². The highest BCUT2D eigenvalue weighted by Gasteiger charge is 2.39. The van der Waals surface area contributed by atoms with Gasteiger partial charge in [-0.25, -0.2) is 0 Å². The summed E-state index contributed by atoms with van der Waals surface area (Å²) in [7, 11) is -3.55. The molecule has 0 bridgehead atoms. The first kappa shape index (κ1) is 17.7. The van der Waals surface area contributed by atoms with E-state index >= 15 is 0 Å². The second kappa shape index (κ2) is 7.25. The van der Waals surface area contributed by atoms with Crippen LogP contribution in [0.3, 0.4) is 0 Å². The number of hydrogen-bond acceptors (Lipinski definition) is 5. The van der Waals surface area contributed by atoms with E-state index in [2.05, 4.69) is 0 Å². The lowest BCUT2D eigenvalue weighted by atomic mass is 10.0. The van der Waals surface area contributed by atoms with Gasteiger partial charge in [-0.05, 0) is 33.6 Å².